The van der Waals surface area contributed by atoms with E-state index in [1.807, 2.05) is 0 Å². The van der Waals surface area contributed by atoms with Crippen molar-refractivity contribution in [3.8, 4) is 0 Å². The van der Waals surface area contributed by atoms with Crippen molar-refractivity contribution < 1.29 is 35.7 Å². The van der Waals surface area contributed by atoms with Gasteiger partial charge < -0.3 is 5.11 Å². The molecule has 0 saturated heterocycles. The molecule has 21 heavy (non-hydrogen) atoms. The van der Waals surface area contributed by atoms with Crippen LogP contribution in [-0.4, -0.2) is 41.9 Å². The number of carboxylic acids is 1. The van der Waals surface area contributed by atoms with E-state index in [2.05, 4.69) is 0 Å². The summed E-state index contributed by atoms with van der Waals surface area (Å²) in [5, 5.41) is 8.52. The van der Waals surface area contributed by atoms with Crippen LogP contribution in [0.25, 0.3) is 0 Å². The number of benzene rings is 1. The van der Waals surface area contributed by atoms with Crippen molar-refractivity contribution in [2.75, 3.05) is 12.0 Å². The van der Waals surface area contributed by atoms with E-state index in [0.29, 0.717) is 0 Å². The lowest BCUT2D eigenvalue weighted by molar-refractivity contribution is -0.188. The van der Waals surface area contributed by atoms with Crippen molar-refractivity contribution in [2.24, 2.45) is 5.92 Å². The van der Waals surface area contributed by atoms with E-state index in [1.54, 1.807) is 0 Å². The third kappa shape index (κ3) is 4.81. The van der Waals surface area contributed by atoms with Gasteiger partial charge >= 0.3 is 12.1 Å². The maximum Gasteiger partial charge on any atom is 0.403 e. The van der Waals surface area contributed by atoms with E-state index in [0.717, 1.165) is 30.5 Å². The van der Waals surface area contributed by atoms with Gasteiger partial charge in [-0.2, -0.15) is 13.2 Å². The predicted octanol–water partition coefficient (Wildman–Crippen LogP) is 1.46. The Bertz CT molecular complexity index is 649. The van der Waals surface area contributed by atoms with Gasteiger partial charge in [-0.25, -0.2) is 8.42 Å². The van der Waals surface area contributed by atoms with Crippen LogP contribution in [0.4, 0.5) is 13.2 Å². The Morgan fingerprint density at radius 2 is 1.76 bits per heavy atom. The molecule has 0 aliphatic carbocycles. The van der Waals surface area contributed by atoms with Crippen molar-refractivity contribution in [2.45, 2.75) is 16.0 Å². The summed E-state index contributed by atoms with van der Waals surface area (Å²) in [5.74, 6) is -5.98. The quantitative estimate of drug-likeness (QED) is 0.874. The minimum Gasteiger partial charge on any atom is -0.481 e. The van der Waals surface area contributed by atoms with E-state index in [-0.39, 0.29) is 9.79 Å². The molecule has 0 bridgehead atoms. The number of carboxylic acid groups (broad SMARTS) is 1. The third-order valence-corrected chi connectivity index (χ3v) is 5.09. The Balaban J connectivity index is 2.97. The molecule has 0 amide bonds. The van der Waals surface area contributed by atoms with Gasteiger partial charge in [-0.05, 0) is 24.3 Å². The van der Waals surface area contributed by atoms with Crippen molar-refractivity contribution >= 4 is 26.6 Å². The van der Waals surface area contributed by atoms with Crippen LogP contribution in [-0.2, 0) is 25.4 Å². The molecule has 2 atom stereocenters. The molecule has 5 nitrogen and oxygen atoms in total. The fraction of sp³-hybridized carbons (Fsp3) is 0.364. The number of aliphatic carboxylic acids is 1. The zero-order chi connectivity index (χ0) is 16.4. The summed E-state index contributed by atoms with van der Waals surface area (Å²) in [4.78, 5) is 10.4. The van der Waals surface area contributed by atoms with Crippen molar-refractivity contribution in [3.05, 3.63) is 24.3 Å². The van der Waals surface area contributed by atoms with Crippen molar-refractivity contribution in [3.63, 3.8) is 0 Å². The molecule has 0 fully saturated rings. The molecule has 0 radical (unpaired) electrons. The number of hydrogen-bond donors (Lipinski definition) is 1. The first-order valence-corrected chi connectivity index (χ1v) is 8.62. The summed E-state index contributed by atoms with van der Waals surface area (Å²) in [6.07, 6.45) is -4.06. The monoisotopic (exact) mass is 344 g/mol. The summed E-state index contributed by atoms with van der Waals surface area (Å²) >= 11 is 0. The first-order chi connectivity index (χ1) is 9.43. The Kier molecular flexibility index (Phi) is 5.16. The molecular formula is C11H11F3O5S2. The number of sulfone groups is 1. The molecule has 1 N–H and O–H groups in total. The SMILES string of the molecule is CS(=O)(=O)c1ccc(S(=O)CC(C(=O)O)C(F)(F)F)cc1. The molecule has 0 heterocycles. The van der Waals surface area contributed by atoms with Gasteiger partial charge in [0, 0.05) is 11.2 Å². The second kappa shape index (κ2) is 6.14. The fourth-order valence-electron chi connectivity index (χ4n) is 1.39. The van der Waals surface area contributed by atoms with Crippen molar-refractivity contribution in [1.29, 1.82) is 0 Å². The maximum absolute atomic E-state index is 12.5. The average molecular weight is 344 g/mol. The largest absolute Gasteiger partial charge is 0.481 e. The number of alkyl halides is 3. The minimum atomic E-state index is -5.01. The van der Waals surface area contributed by atoms with E-state index in [4.69, 9.17) is 5.11 Å². The van der Waals surface area contributed by atoms with Crippen LogP contribution in [0.15, 0.2) is 34.1 Å². The van der Waals surface area contributed by atoms with Gasteiger partial charge in [0.25, 0.3) is 0 Å². The molecule has 0 spiro atoms. The van der Waals surface area contributed by atoms with E-state index >= 15 is 0 Å². The van der Waals surface area contributed by atoms with Crippen LogP contribution < -0.4 is 0 Å². The van der Waals surface area contributed by atoms with Crippen LogP contribution in [0.5, 0.6) is 0 Å². The zero-order valence-corrected chi connectivity index (χ0v) is 12.3. The van der Waals surface area contributed by atoms with Gasteiger partial charge in [0.2, 0.25) is 0 Å². The first-order valence-electron chi connectivity index (χ1n) is 5.41. The van der Waals surface area contributed by atoms with Gasteiger partial charge in [0.15, 0.2) is 15.8 Å². The highest BCUT2D eigenvalue weighted by Crippen LogP contribution is 2.28. The van der Waals surface area contributed by atoms with E-state index in [9.17, 15) is 30.6 Å². The molecule has 0 aromatic heterocycles. The summed E-state index contributed by atoms with van der Waals surface area (Å²) in [6, 6.07) is 4.40. The van der Waals surface area contributed by atoms with E-state index in [1.165, 1.54) is 0 Å². The van der Waals surface area contributed by atoms with Gasteiger partial charge in [0.1, 0.15) is 0 Å². The standard InChI is InChI=1S/C11H11F3O5S2/c1-21(18,19)8-4-2-7(3-5-8)20(17)6-9(10(15)16)11(12,13)14/h2-5,9H,6H2,1H3,(H,15,16). The van der Waals surface area contributed by atoms with Gasteiger partial charge in [-0.3, -0.25) is 9.00 Å². The van der Waals surface area contributed by atoms with Crippen LogP contribution in [0.3, 0.4) is 0 Å². The molecule has 1 rings (SSSR count). The normalized spacial score (nSPS) is 15.4. The lowest BCUT2D eigenvalue weighted by Gasteiger charge is -2.15. The van der Waals surface area contributed by atoms with Crippen LogP contribution in [0.1, 0.15) is 0 Å². The molecule has 1 aromatic rings. The van der Waals surface area contributed by atoms with E-state index < -0.39 is 44.5 Å². The Hall–Kier alpha value is -1.42. The fourth-order valence-corrected chi connectivity index (χ4v) is 3.29. The molecule has 1 aromatic carbocycles. The zero-order valence-electron chi connectivity index (χ0n) is 10.6. The lowest BCUT2D eigenvalue weighted by Crippen LogP contribution is -2.35. The Labute approximate surface area is 121 Å². The number of carbonyl (C=O) groups is 1. The second-order valence-electron chi connectivity index (χ2n) is 4.19. The smallest absolute Gasteiger partial charge is 0.403 e. The predicted molar refractivity (Wildman–Crippen MR) is 68.0 cm³/mol. The average Bonchev–Trinajstić information content (AvgIpc) is 2.33. The molecular weight excluding hydrogens is 333 g/mol. The molecule has 0 aliphatic heterocycles. The Morgan fingerprint density at radius 3 is 2.10 bits per heavy atom. The molecule has 2 unspecified atom stereocenters. The molecule has 0 saturated carbocycles. The summed E-state index contributed by atoms with van der Waals surface area (Å²) in [6.45, 7) is 0. The number of rotatable bonds is 5. The highest BCUT2D eigenvalue weighted by atomic mass is 32.2. The number of halogens is 3. The van der Waals surface area contributed by atoms with Crippen LogP contribution >= 0.6 is 0 Å². The highest BCUT2D eigenvalue weighted by Gasteiger charge is 2.46. The summed E-state index contributed by atoms with van der Waals surface area (Å²) in [5.41, 5.74) is 0. The molecule has 118 valence electrons. The van der Waals surface area contributed by atoms with Crippen LogP contribution in [0.2, 0.25) is 0 Å². The minimum absolute atomic E-state index is 0.0714. The molecule has 0 aliphatic rings. The topological polar surface area (TPSA) is 88.5 Å². The summed E-state index contributed by atoms with van der Waals surface area (Å²) in [7, 11) is -5.69. The maximum atomic E-state index is 12.5. The van der Waals surface area contributed by atoms with Gasteiger partial charge in [-0.1, -0.05) is 0 Å². The summed E-state index contributed by atoms with van der Waals surface area (Å²) < 4.78 is 71.6. The Morgan fingerprint density at radius 1 is 1.29 bits per heavy atom. The first kappa shape index (κ1) is 17.6. The van der Waals surface area contributed by atoms with Gasteiger partial charge in [0.05, 0.1) is 21.4 Å². The second-order valence-corrected chi connectivity index (χ2v) is 7.70. The lowest BCUT2D eigenvalue weighted by atomic mass is 10.2. The highest BCUT2D eigenvalue weighted by molar-refractivity contribution is 7.90. The van der Waals surface area contributed by atoms with Gasteiger partial charge in [-0.15, -0.1) is 0 Å². The van der Waals surface area contributed by atoms with Crippen molar-refractivity contribution in [1.82, 2.24) is 0 Å². The third-order valence-electron chi connectivity index (χ3n) is 2.53. The van der Waals surface area contributed by atoms with Crippen LogP contribution in [0, 0.1) is 5.92 Å². The number of hydrogen-bond acceptors (Lipinski definition) is 4. The molecule has 10 heteroatoms.